The lowest BCUT2D eigenvalue weighted by atomic mass is 9.33. The van der Waals surface area contributed by atoms with Crippen LogP contribution in [-0.2, 0) is 19.1 Å². The van der Waals surface area contributed by atoms with Gasteiger partial charge in [-0.3, -0.25) is 14.5 Å². The van der Waals surface area contributed by atoms with Crippen molar-refractivity contribution in [2.45, 2.75) is 113 Å². The van der Waals surface area contributed by atoms with Crippen LogP contribution in [0.1, 0.15) is 113 Å². The van der Waals surface area contributed by atoms with Crippen molar-refractivity contribution in [2.24, 2.45) is 56.2 Å². The minimum absolute atomic E-state index is 0.0319. The number of ether oxygens (including phenoxy) is 2. The number of nitrogens with one attached hydrogen (secondary N) is 1. The van der Waals surface area contributed by atoms with Crippen LogP contribution >= 0.6 is 0 Å². The summed E-state index contributed by atoms with van der Waals surface area (Å²) in [6, 6.07) is 0. The monoisotopic (exact) mass is 636 g/mol. The van der Waals surface area contributed by atoms with Crippen molar-refractivity contribution in [1.29, 1.82) is 0 Å². The Morgan fingerprint density at radius 3 is 2.39 bits per heavy atom. The van der Waals surface area contributed by atoms with Gasteiger partial charge in [0, 0.05) is 30.5 Å². The zero-order valence-electron chi connectivity index (χ0n) is 30.5. The van der Waals surface area contributed by atoms with Crippen LogP contribution in [0.5, 0.6) is 0 Å². The van der Waals surface area contributed by atoms with E-state index in [0.29, 0.717) is 36.1 Å². The number of hydrogen-bond donors (Lipinski definition) is 1. The summed E-state index contributed by atoms with van der Waals surface area (Å²) < 4.78 is 11.5. The summed E-state index contributed by atoms with van der Waals surface area (Å²) in [5, 5.41) is 3.22. The van der Waals surface area contributed by atoms with E-state index in [0.717, 1.165) is 83.6 Å². The number of hydrogen-bond acceptors (Lipinski definition) is 5. The SMILES string of the molecule is C=C(OC)[C@]12CCC(C)(C)CC1C1=CCC3[C@@]4(C)CC(C(=O)NCCCN5CCOCC5)C(=O)C(C)(C)C4CC[C@@]3(C)[C@]1(C)CC2. The molecule has 258 valence electrons. The van der Waals surface area contributed by atoms with E-state index in [4.69, 9.17) is 9.47 Å². The van der Waals surface area contributed by atoms with Crippen LogP contribution in [0.3, 0.4) is 0 Å². The number of carbonyl (C=O) groups is 2. The highest BCUT2D eigenvalue weighted by molar-refractivity contribution is 6.04. The van der Waals surface area contributed by atoms with E-state index < -0.39 is 11.3 Å². The first-order valence-electron chi connectivity index (χ1n) is 18.6. The van der Waals surface area contributed by atoms with Gasteiger partial charge >= 0.3 is 0 Å². The van der Waals surface area contributed by atoms with E-state index in [1.807, 2.05) is 7.11 Å². The normalized spacial score (nSPS) is 43.2. The van der Waals surface area contributed by atoms with Gasteiger partial charge in [-0.15, -0.1) is 0 Å². The summed E-state index contributed by atoms with van der Waals surface area (Å²) in [6.45, 7) is 26.5. The first-order chi connectivity index (χ1) is 21.6. The first kappa shape index (κ1) is 34.2. The van der Waals surface area contributed by atoms with Gasteiger partial charge in [0.15, 0.2) is 5.78 Å². The van der Waals surface area contributed by atoms with Crippen molar-refractivity contribution >= 4 is 11.7 Å². The molecule has 1 aliphatic heterocycles. The molecule has 1 N–H and O–H groups in total. The highest BCUT2D eigenvalue weighted by Crippen LogP contribution is 2.76. The predicted octanol–water partition coefficient (Wildman–Crippen LogP) is 7.58. The Morgan fingerprint density at radius 2 is 1.70 bits per heavy atom. The predicted molar refractivity (Wildman–Crippen MR) is 184 cm³/mol. The summed E-state index contributed by atoms with van der Waals surface area (Å²) in [7, 11) is 1.82. The second-order valence-electron chi connectivity index (χ2n) is 18.4. The molecule has 46 heavy (non-hydrogen) atoms. The Balaban J connectivity index is 1.28. The van der Waals surface area contributed by atoms with Gasteiger partial charge in [-0.1, -0.05) is 66.7 Å². The van der Waals surface area contributed by atoms with Crippen molar-refractivity contribution < 1.29 is 19.1 Å². The van der Waals surface area contributed by atoms with Crippen LogP contribution in [0.4, 0.5) is 0 Å². The summed E-state index contributed by atoms with van der Waals surface area (Å²) in [4.78, 5) is 30.4. The third-order valence-corrected chi connectivity index (χ3v) is 15.5. The third-order valence-electron chi connectivity index (χ3n) is 15.5. The molecule has 8 atom stereocenters. The van der Waals surface area contributed by atoms with E-state index >= 15 is 0 Å². The summed E-state index contributed by atoms with van der Waals surface area (Å²) in [5.74, 6) is 1.73. The Morgan fingerprint density at radius 1 is 1.00 bits per heavy atom. The molecule has 6 heteroatoms. The average Bonchev–Trinajstić information content (AvgIpc) is 3.01. The molecule has 0 radical (unpaired) electrons. The van der Waals surface area contributed by atoms with Crippen LogP contribution in [0.2, 0.25) is 0 Å². The minimum Gasteiger partial charge on any atom is -0.501 e. The molecule has 4 unspecified atom stereocenters. The van der Waals surface area contributed by atoms with Crippen LogP contribution < -0.4 is 5.32 Å². The first-order valence-corrected chi connectivity index (χ1v) is 18.6. The van der Waals surface area contributed by atoms with Crippen molar-refractivity contribution in [3.05, 3.63) is 24.0 Å². The van der Waals surface area contributed by atoms with Crippen molar-refractivity contribution in [2.75, 3.05) is 46.5 Å². The molecular weight excluding hydrogens is 572 g/mol. The van der Waals surface area contributed by atoms with Crippen molar-refractivity contribution in [3.63, 3.8) is 0 Å². The van der Waals surface area contributed by atoms with Gasteiger partial charge in [-0.2, -0.15) is 0 Å². The van der Waals surface area contributed by atoms with Gasteiger partial charge in [-0.05, 0) is 110 Å². The summed E-state index contributed by atoms with van der Waals surface area (Å²) in [5.41, 5.74) is 1.61. The van der Waals surface area contributed by atoms with E-state index in [1.165, 1.54) is 12.8 Å². The fraction of sp³-hybridized carbons (Fsp3) is 0.850. The largest absolute Gasteiger partial charge is 0.501 e. The van der Waals surface area contributed by atoms with Gasteiger partial charge < -0.3 is 14.8 Å². The second-order valence-corrected chi connectivity index (χ2v) is 18.4. The van der Waals surface area contributed by atoms with Crippen LogP contribution in [0, 0.1) is 56.2 Å². The lowest BCUT2D eigenvalue weighted by Crippen LogP contribution is -2.66. The maximum atomic E-state index is 14.1. The molecule has 0 bridgehead atoms. The Kier molecular flexibility index (Phi) is 8.73. The summed E-state index contributed by atoms with van der Waals surface area (Å²) >= 11 is 0. The van der Waals surface area contributed by atoms with Crippen LogP contribution in [0.15, 0.2) is 24.0 Å². The Bertz CT molecular complexity index is 1260. The quantitative estimate of drug-likeness (QED) is 0.135. The molecule has 4 saturated carbocycles. The Hall–Kier alpha value is -1.66. The average molecular weight is 637 g/mol. The molecule has 0 aromatic rings. The zero-order chi connectivity index (χ0) is 33.3. The van der Waals surface area contributed by atoms with Crippen LogP contribution in [0.25, 0.3) is 0 Å². The van der Waals surface area contributed by atoms with E-state index in [9.17, 15) is 9.59 Å². The number of Topliss-reactive ketones (excluding diaryl/α,β-unsaturated/α-hetero) is 1. The fourth-order valence-corrected chi connectivity index (χ4v) is 12.6. The van der Waals surface area contributed by atoms with Gasteiger partial charge in [0.05, 0.1) is 32.0 Å². The number of methoxy groups -OCH3 is 1. The number of fused-ring (bicyclic) bond motifs is 7. The number of nitrogens with zero attached hydrogens (tertiary/aromatic N) is 1. The number of morpholine rings is 1. The van der Waals surface area contributed by atoms with Crippen molar-refractivity contribution in [1.82, 2.24) is 10.2 Å². The molecule has 5 aliphatic carbocycles. The molecule has 0 aromatic carbocycles. The molecule has 6 nitrogen and oxygen atoms in total. The molecule has 6 aliphatic rings. The number of ketones is 1. The molecular formula is C40H64N2O4. The highest BCUT2D eigenvalue weighted by Gasteiger charge is 2.70. The Labute approximate surface area is 279 Å². The molecule has 5 fully saturated rings. The van der Waals surface area contributed by atoms with Gasteiger partial charge in [0.25, 0.3) is 0 Å². The third kappa shape index (κ3) is 5.08. The van der Waals surface area contributed by atoms with E-state index in [-0.39, 0.29) is 33.4 Å². The number of carbonyl (C=O) groups excluding carboxylic acids is 2. The molecule has 0 spiro atoms. The molecule has 1 amide bonds. The highest BCUT2D eigenvalue weighted by atomic mass is 16.5. The standard InChI is InChI=1S/C40H64N2O4/c1-27(45-9)40-17-15-35(2,3)26-30(40)29-11-12-32-37(6)25-28(34(44)41-19-10-20-42-21-23-46-24-22-42)33(43)36(4,5)31(37)13-14-39(32,8)38(29,7)16-18-40/h11,28,30-32H,1,10,12-26H2,2-9H3,(H,41,44)/t28?,30?,31?,32?,37-,38+,39+,40+/m0/s1. The van der Waals surface area contributed by atoms with Crippen LogP contribution in [-0.4, -0.2) is 63.1 Å². The van der Waals surface area contributed by atoms with Gasteiger partial charge in [0.2, 0.25) is 5.91 Å². The lowest BCUT2D eigenvalue weighted by molar-refractivity contribution is -0.193. The molecule has 6 rings (SSSR count). The van der Waals surface area contributed by atoms with Crippen molar-refractivity contribution in [3.8, 4) is 0 Å². The number of amides is 1. The lowest BCUT2D eigenvalue weighted by Gasteiger charge is -2.71. The van der Waals surface area contributed by atoms with Gasteiger partial charge in [-0.25, -0.2) is 0 Å². The maximum Gasteiger partial charge on any atom is 0.230 e. The maximum absolute atomic E-state index is 14.1. The topological polar surface area (TPSA) is 67.9 Å². The van der Waals surface area contributed by atoms with E-state index in [1.54, 1.807) is 5.57 Å². The minimum atomic E-state index is -0.566. The smallest absolute Gasteiger partial charge is 0.230 e. The van der Waals surface area contributed by atoms with E-state index in [2.05, 4.69) is 71.3 Å². The molecule has 1 heterocycles. The summed E-state index contributed by atoms with van der Waals surface area (Å²) in [6.07, 6.45) is 13.3. The number of allylic oxidation sites excluding steroid dienone is 3. The molecule has 0 aromatic heterocycles. The fourth-order valence-electron chi connectivity index (χ4n) is 12.6. The van der Waals surface area contributed by atoms with Gasteiger partial charge in [0.1, 0.15) is 0 Å². The second kappa shape index (κ2) is 11.7. The molecule has 1 saturated heterocycles. The zero-order valence-corrected chi connectivity index (χ0v) is 30.5. The number of rotatable bonds is 7.